The van der Waals surface area contributed by atoms with E-state index in [-0.39, 0.29) is 5.56 Å². The SMILES string of the molecule is COCCNCCNC(=O)c1cccc(F)c1F. The Hall–Kier alpha value is -1.53. The molecular formula is C12H16F2N2O2. The normalized spacial score (nSPS) is 10.4. The summed E-state index contributed by atoms with van der Waals surface area (Å²) in [6.07, 6.45) is 0. The molecule has 0 aromatic heterocycles. The number of carbonyl (C=O) groups excluding carboxylic acids is 1. The van der Waals surface area contributed by atoms with Gasteiger partial charge in [-0.3, -0.25) is 4.79 Å². The van der Waals surface area contributed by atoms with E-state index in [1.807, 2.05) is 0 Å². The van der Waals surface area contributed by atoms with Crippen molar-refractivity contribution in [2.24, 2.45) is 0 Å². The molecule has 0 aliphatic heterocycles. The van der Waals surface area contributed by atoms with Gasteiger partial charge in [0.15, 0.2) is 11.6 Å². The van der Waals surface area contributed by atoms with Crippen molar-refractivity contribution in [3.63, 3.8) is 0 Å². The summed E-state index contributed by atoms with van der Waals surface area (Å²) in [7, 11) is 1.59. The lowest BCUT2D eigenvalue weighted by molar-refractivity contribution is 0.0948. The number of hydrogen-bond donors (Lipinski definition) is 2. The third kappa shape index (κ3) is 4.38. The Morgan fingerprint density at radius 3 is 2.78 bits per heavy atom. The molecule has 1 aromatic carbocycles. The maximum atomic E-state index is 13.3. The van der Waals surface area contributed by atoms with E-state index in [0.29, 0.717) is 26.2 Å². The van der Waals surface area contributed by atoms with E-state index < -0.39 is 17.5 Å². The Morgan fingerprint density at radius 1 is 1.28 bits per heavy atom. The highest BCUT2D eigenvalue weighted by Crippen LogP contribution is 2.10. The Balaban J connectivity index is 2.35. The molecule has 0 unspecified atom stereocenters. The van der Waals surface area contributed by atoms with Crippen LogP contribution in [0.1, 0.15) is 10.4 Å². The molecule has 1 aromatic rings. The summed E-state index contributed by atoms with van der Waals surface area (Å²) in [6, 6.07) is 3.51. The molecule has 0 aliphatic carbocycles. The first-order valence-corrected chi connectivity index (χ1v) is 5.58. The molecule has 0 radical (unpaired) electrons. The zero-order valence-electron chi connectivity index (χ0n) is 10.1. The van der Waals surface area contributed by atoms with Gasteiger partial charge in [0.1, 0.15) is 0 Å². The van der Waals surface area contributed by atoms with Crippen molar-refractivity contribution in [3.05, 3.63) is 35.4 Å². The first-order valence-electron chi connectivity index (χ1n) is 5.58. The second kappa shape index (κ2) is 7.73. The quantitative estimate of drug-likeness (QED) is 0.715. The topological polar surface area (TPSA) is 50.4 Å². The van der Waals surface area contributed by atoms with Gasteiger partial charge in [0.25, 0.3) is 5.91 Å². The van der Waals surface area contributed by atoms with Crippen molar-refractivity contribution in [2.45, 2.75) is 0 Å². The van der Waals surface area contributed by atoms with Crippen LogP contribution in [0, 0.1) is 11.6 Å². The summed E-state index contributed by atoms with van der Waals surface area (Å²) < 4.78 is 31.0. The molecule has 0 heterocycles. The summed E-state index contributed by atoms with van der Waals surface area (Å²) in [4.78, 5) is 11.5. The zero-order chi connectivity index (χ0) is 13.4. The average molecular weight is 258 g/mol. The number of rotatable bonds is 7. The van der Waals surface area contributed by atoms with Crippen LogP contribution in [0.4, 0.5) is 8.78 Å². The van der Waals surface area contributed by atoms with Crippen LogP contribution in [0.3, 0.4) is 0 Å². The smallest absolute Gasteiger partial charge is 0.254 e. The second-order valence-corrected chi connectivity index (χ2v) is 3.60. The number of nitrogens with one attached hydrogen (secondary N) is 2. The first kappa shape index (κ1) is 14.5. The highest BCUT2D eigenvalue weighted by molar-refractivity contribution is 5.94. The molecule has 0 aliphatic rings. The lowest BCUT2D eigenvalue weighted by Crippen LogP contribution is -2.33. The van der Waals surface area contributed by atoms with Crippen LogP contribution in [0.25, 0.3) is 0 Å². The Labute approximate surface area is 104 Å². The van der Waals surface area contributed by atoms with E-state index in [4.69, 9.17) is 4.74 Å². The van der Waals surface area contributed by atoms with Gasteiger partial charge >= 0.3 is 0 Å². The van der Waals surface area contributed by atoms with Crippen molar-refractivity contribution in [1.82, 2.24) is 10.6 Å². The lowest BCUT2D eigenvalue weighted by atomic mass is 10.2. The molecule has 1 amide bonds. The number of ether oxygens (including phenoxy) is 1. The van der Waals surface area contributed by atoms with Gasteiger partial charge in [0.2, 0.25) is 0 Å². The molecule has 4 nitrogen and oxygen atoms in total. The van der Waals surface area contributed by atoms with Gasteiger partial charge in [-0.05, 0) is 12.1 Å². The van der Waals surface area contributed by atoms with E-state index >= 15 is 0 Å². The minimum atomic E-state index is -1.12. The zero-order valence-corrected chi connectivity index (χ0v) is 10.1. The molecule has 0 saturated carbocycles. The highest BCUT2D eigenvalue weighted by Gasteiger charge is 2.13. The first-order chi connectivity index (χ1) is 8.66. The van der Waals surface area contributed by atoms with Gasteiger partial charge in [0, 0.05) is 26.7 Å². The van der Waals surface area contributed by atoms with Gasteiger partial charge in [-0.15, -0.1) is 0 Å². The number of halogens is 2. The Bertz CT molecular complexity index is 400. The predicted molar refractivity (Wildman–Crippen MR) is 63.4 cm³/mol. The molecule has 0 spiro atoms. The number of hydrogen-bond acceptors (Lipinski definition) is 3. The Morgan fingerprint density at radius 2 is 2.06 bits per heavy atom. The molecule has 0 saturated heterocycles. The van der Waals surface area contributed by atoms with Crippen molar-refractivity contribution in [2.75, 3.05) is 33.4 Å². The van der Waals surface area contributed by atoms with Crippen LogP contribution in [-0.2, 0) is 4.74 Å². The number of benzene rings is 1. The second-order valence-electron chi connectivity index (χ2n) is 3.60. The van der Waals surface area contributed by atoms with Crippen LogP contribution in [-0.4, -0.2) is 39.3 Å². The van der Waals surface area contributed by atoms with Gasteiger partial charge < -0.3 is 15.4 Å². The number of carbonyl (C=O) groups is 1. The fourth-order valence-corrected chi connectivity index (χ4v) is 1.34. The van der Waals surface area contributed by atoms with Gasteiger partial charge in [-0.2, -0.15) is 0 Å². The van der Waals surface area contributed by atoms with Crippen molar-refractivity contribution in [3.8, 4) is 0 Å². The van der Waals surface area contributed by atoms with E-state index in [0.717, 1.165) is 6.07 Å². The molecule has 6 heteroatoms. The minimum absolute atomic E-state index is 0.285. The van der Waals surface area contributed by atoms with Crippen LogP contribution in [0.2, 0.25) is 0 Å². The monoisotopic (exact) mass is 258 g/mol. The van der Waals surface area contributed by atoms with Crippen LogP contribution < -0.4 is 10.6 Å². The Kier molecular flexibility index (Phi) is 6.24. The maximum absolute atomic E-state index is 13.3. The van der Waals surface area contributed by atoms with Crippen LogP contribution >= 0.6 is 0 Å². The fraction of sp³-hybridized carbons (Fsp3) is 0.417. The molecular weight excluding hydrogens is 242 g/mol. The summed E-state index contributed by atoms with van der Waals surface area (Å²) >= 11 is 0. The maximum Gasteiger partial charge on any atom is 0.254 e. The van der Waals surface area contributed by atoms with Crippen LogP contribution in [0.5, 0.6) is 0 Å². The molecule has 1 rings (SSSR count). The largest absolute Gasteiger partial charge is 0.383 e. The summed E-state index contributed by atoms with van der Waals surface area (Å²) in [6.45, 7) is 2.11. The van der Waals surface area contributed by atoms with Crippen molar-refractivity contribution < 1.29 is 18.3 Å². The molecule has 0 atom stereocenters. The van der Waals surface area contributed by atoms with E-state index in [2.05, 4.69) is 10.6 Å². The van der Waals surface area contributed by atoms with Gasteiger partial charge in [0.05, 0.1) is 12.2 Å². The fourth-order valence-electron chi connectivity index (χ4n) is 1.34. The van der Waals surface area contributed by atoms with E-state index in [1.54, 1.807) is 7.11 Å². The molecule has 100 valence electrons. The van der Waals surface area contributed by atoms with E-state index in [1.165, 1.54) is 12.1 Å². The highest BCUT2D eigenvalue weighted by atomic mass is 19.2. The van der Waals surface area contributed by atoms with Crippen molar-refractivity contribution in [1.29, 1.82) is 0 Å². The number of amides is 1. The van der Waals surface area contributed by atoms with Crippen LogP contribution in [0.15, 0.2) is 18.2 Å². The minimum Gasteiger partial charge on any atom is -0.383 e. The number of methoxy groups -OCH3 is 1. The molecule has 2 N–H and O–H groups in total. The molecule has 0 bridgehead atoms. The van der Waals surface area contributed by atoms with Crippen molar-refractivity contribution >= 4 is 5.91 Å². The molecule has 18 heavy (non-hydrogen) atoms. The summed E-state index contributed by atoms with van der Waals surface area (Å²) in [5.41, 5.74) is -0.285. The van der Waals surface area contributed by atoms with E-state index in [9.17, 15) is 13.6 Å². The van der Waals surface area contributed by atoms with Gasteiger partial charge in [-0.25, -0.2) is 8.78 Å². The summed E-state index contributed by atoms with van der Waals surface area (Å²) in [5.74, 6) is -2.77. The molecule has 0 fully saturated rings. The third-order valence-electron chi connectivity index (χ3n) is 2.27. The summed E-state index contributed by atoms with van der Waals surface area (Å²) in [5, 5.41) is 5.51. The standard InChI is InChI=1S/C12H16F2N2O2/c1-18-8-7-15-5-6-16-12(17)9-3-2-4-10(13)11(9)14/h2-4,15H,5-8H2,1H3,(H,16,17). The third-order valence-corrected chi connectivity index (χ3v) is 2.27. The van der Waals surface area contributed by atoms with Gasteiger partial charge in [-0.1, -0.05) is 6.07 Å². The lowest BCUT2D eigenvalue weighted by Gasteiger charge is -2.07. The predicted octanol–water partition coefficient (Wildman–Crippen LogP) is 0.931. The average Bonchev–Trinajstić information content (AvgIpc) is 2.36.